The first-order valence-corrected chi connectivity index (χ1v) is 17.0. The maximum atomic E-state index is 14.2. The Morgan fingerprint density at radius 2 is 1.74 bits per heavy atom. The Kier molecular flexibility index (Phi) is 8.28. The van der Waals surface area contributed by atoms with Crippen LogP contribution in [0, 0.1) is 0 Å². The molecule has 0 aliphatic carbocycles. The predicted octanol–water partition coefficient (Wildman–Crippen LogP) is 4.51. The first kappa shape index (κ1) is 27.9. The smallest absolute Gasteiger partial charge is 0.322 e. The van der Waals surface area contributed by atoms with E-state index in [1.54, 1.807) is 11.9 Å². The van der Waals surface area contributed by atoms with Gasteiger partial charge >= 0.3 is 6.01 Å². The molecule has 0 amide bonds. The van der Waals surface area contributed by atoms with Crippen LogP contribution in [0.5, 0.6) is 6.01 Å². The van der Waals surface area contributed by atoms with E-state index in [9.17, 15) is 4.39 Å². The lowest BCUT2D eigenvalue weighted by atomic mass is 10.1. The summed E-state index contributed by atoms with van der Waals surface area (Å²) in [6.45, 7) is 7.77. The molecule has 43 heavy (non-hydrogen) atoms. The molecule has 2 aromatic carbocycles. The summed E-state index contributed by atoms with van der Waals surface area (Å²) in [6.07, 6.45) is -2.47. The van der Waals surface area contributed by atoms with Crippen LogP contribution in [0.25, 0.3) is 0 Å². The number of nitrogens with zero attached hydrogens (tertiary/aromatic N) is 5. The van der Waals surface area contributed by atoms with Crippen molar-refractivity contribution in [3.63, 3.8) is 0 Å². The average molecular weight is 631 g/mol. The van der Waals surface area contributed by atoms with Crippen LogP contribution in [-0.2, 0) is 9.16 Å². The first-order valence-electron chi connectivity index (χ1n) is 16.2. The largest absolute Gasteiger partial charge is 0.459 e. The van der Waals surface area contributed by atoms with Crippen molar-refractivity contribution in [3.8, 4) is 6.01 Å². The van der Waals surface area contributed by atoms with Crippen LogP contribution >= 0.6 is 11.6 Å². The molecule has 0 saturated carbocycles. The lowest BCUT2D eigenvalue weighted by Crippen LogP contribution is -2.70. The van der Waals surface area contributed by atoms with Gasteiger partial charge in [-0.2, -0.15) is 15.0 Å². The minimum Gasteiger partial charge on any atom is -0.459 e. The molecule has 3 aromatic rings. The molecule has 2 aliphatic rings. The van der Waals surface area contributed by atoms with E-state index in [4.69, 9.17) is 29.6 Å². The minimum absolute atomic E-state index is 0.0344. The van der Waals surface area contributed by atoms with Crippen LogP contribution < -0.4 is 20.0 Å². The van der Waals surface area contributed by atoms with Gasteiger partial charge in [-0.05, 0) is 54.3 Å². The average Bonchev–Trinajstić information content (AvgIpc) is 3.19. The minimum atomic E-state index is -2.96. The van der Waals surface area contributed by atoms with E-state index in [0.29, 0.717) is 26.3 Å². The van der Waals surface area contributed by atoms with Crippen molar-refractivity contribution in [2.75, 3.05) is 44.8 Å². The van der Waals surface area contributed by atoms with E-state index >= 15 is 0 Å². The second-order valence-corrected chi connectivity index (χ2v) is 17.3. The second-order valence-electron chi connectivity index (χ2n) is 12.8. The Bertz CT molecular complexity index is 1430. The molecule has 232 valence electrons. The molecule has 8 nitrogen and oxygen atoms in total. The van der Waals surface area contributed by atoms with Crippen molar-refractivity contribution < 1.29 is 22.4 Å². The van der Waals surface area contributed by atoms with E-state index in [-0.39, 0.29) is 35.2 Å². The number of benzene rings is 2. The van der Waals surface area contributed by atoms with Crippen LogP contribution in [0.2, 0.25) is 10.3 Å². The van der Waals surface area contributed by atoms with Crippen LogP contribution in [0.3, 0.4) is 0 Å². The lowest BCUT2D eigenvalue weighted by molar-refractivity contribution is -0.000403. The monoisotopic (exact) mass is 630 g/mol. The number of alkyl halides is 1. The van der Waals surface area contributed by atoms with Crippen molar-refractivity contribution >= 4 is 36.2 Å². The van der Waals surface area contributed by atoms with Gasteiger partial charge in [0.25, 0.3) is 8.32 Å². The van der Waals surface area contributed by atoms with E-state index in [0.717, 1.165) is 10.4 Å². The molecule has 0 N–H and O–H groups in total. The first-order chi connectivity index (χ1) is 21.6. The second kappa shape index (κ2) is 12.8. The summed E-state index contributed by atoms with van der Waals surface area (Å²) in [4.78, 5) is 16.6. The van der Waals surface area contributed by atoms with E-state index in [1.165, 1.54) is 0 Å². The number of aromatic nitrogens is 3. The molecule has 11 heteroatoms. The molecule has 0 radical (unpaired) electrons. The molecule has 2 aliphatic heterocycles. The van der Waals surface area contributed by atoms with Crippen molar-refractivity contribution in [1.82, 2.24) is 19.9 Å². The highest BCUT2D eigenvalue weighted by atomic mass is 35.5. The third-order valence-corrected chi connectivity index (χ3v) is 13.6. The standard InChI is InChI=1S/C32H43ClFN5O3Si/c1-23(27-19-24(34)20-38(27)6)41-30-36-28(33)35-29(37-30)39-17-18-40-22-32(5,21-39)42-43(31(2,3)4,25-13-9-7-10-14-25)26-15-11-8-12-16-26/h7-16,23-24,27H,17-22H2,1-6H3/t23?,24-,27+,32+/m1/s1/i1D3. The van der Waals surface area contributed by atoms with Crippen molar-refractivity contribution in [3.05, 3.63) is 65.9 Å². The summed E-state index contributed by atoms with van der Waals surface area (Å²) in [5, 5.41) is 1.89. The van der Waals surface area contributed by atoms with Crippen molar-refractivity contribution in [2.45, 2.75) is 69.9 Å². The van der Waals surface area contributed by atoms with Gasteiger partial charge in [0.05, 0.1) is 25.4 Å². The predicted molar refractivity (Wildman–Crippen MR) is 171 cm³/mol. The molecule has 4 atom stereocenters. The van der Waals surface area contributed by atoms with Crippen molar-refractivity contribution in [1.29, 1.82) is 0 Å². The molecule has 2 saturated heterocycles. The lowest BCUT2D eigenvalue weighted by Gasteiger charge is -2.48. The third kappa shape index (κ3) is 6.88. The highest BCUT2D eigenvalue weighted by Crippen LogP contribution is 2.40. The topological polar surface area (TPSA) is 72.8 Å². The van der Waals surface area contributed by atoms with Gasteiger partial charge < -0.3 is 18.8 Å². The maximum absolute atomic E-state index is 14.2. The summed E-state index contributed by atoms with van der Waals surface area (Å²) in [7, 11) is -1.28. The number of hydrogen-bond donors (Lipinski definition) is 0. The van der Waals surface area contributed by atoms with Crippen LogP contribution in [0.1, 0.15) is 45.1 Å². The molecule has 5 rings (SSSR count). The maximum Gasteiger partial charge on any atom is 0.322 e. The zero-order valence-corrected chi connectivity index (χ0v) is 27.2. The number of anilines is 1. The normalized spacial score (nSPS) is 25.8. The highest BCUT2D eigenvalue weighted by molar-refractivity contribution is 6.99. The Balaban J connectivity index is 1.49. The fraction of sp³-hybridized carbons (Fsp3) is 0.531. The van der Waals surface area contributed by atoms with Gasteiger partial charge in [0.15, 0.2) is 0 Å². The van der Waals surface area contributed by atoms with Gasteiger partial charge in [0, 0.05) is 23.2 Å². The van der Waals surface area contributed by atoms with Gasteiger partial charge in [0.1, 0.15) is 12.3 Å². The summed E-state index contributed by atoms with van der Waals surface area (Å²) in [5.74, 6) is 0.213. The molecule has 2 fully saturated rings. The Labute approximate surface area is 264 Å². The number of hydrogen-bond acceptors (Lipinski definition) is 8. The quantitative estimate of drug-likeness (QED) is 0.337. The van der Waals surface area contributed by atoms with Crippen LogP contribution in [0.4, 0.5) is 10.3 Å². The van der Waals surface area contributed by atoms with E-state index in [1.807, 2.05) is 48.2 Å². The fourth-order valence-corrected chi connectivity index (χ4v) is 11.2. The Morgan fingerprint density at radius 3 is 2.30 bits per heavy atom. The Morgan fingerprint density at radius 1 is 1.09 bits per heavy atom. The number of likely N-dealkylation sites (N-methyl/N-ethyl adjacent to an activating group) is 1. The SMILES string of the molecule is [2H]C([2H])([2H])C(Oc1nc(Cl)nc(N2CCOC[C@@](C)(O[Si](c3ccccc3)(c3ccccc3)C(C)(C)C)C2)n1)[C@@H]1C[C@@H](F)CN1C. The van der Waals surface area contributed by atoms with Gasteiger partial charge in [-0.25, -0.2) is 4.39 Å². The molecule has 1 unspecified atom stereocenters. The molecular formula is C32H43ClFN5O3Si. The fourth-order valence-electron chi connectivity index (χ4n) is 6.27. The zero-order valence-electron chi connectivity index (χ0n) is 28.5. The molecule has 0 bridgehead atoms. The molecule has 3 heterocycles. The number of ether oxygens (including phenoxy) is 2. The third-order valence-electron chi connectivity index (χ3n) is 8.24. The zero-order chi connectivity index (χ0) is 33.3. The van der Waals surface area contributed by atoms with Gasteiger partial charge in [-0.1, -0.05) is 81.4 Å². The van der Waals surface area contributed by atoms with Crippen LogP contribution in [0.15, 0.2) is 60.7 Å². The number of likely N-dealkylation sites (tertiary alicyclic amines) is 1. The molecule has 0 spiro atoms. The summed E-state index contributed by atoms with van der Waals surface area (Å²) < 4.78 is 58.2. The number of rotatable bonds is 8. The van der Waals surface area contributed by atoms with Crippen LogP contribution in [-0.4, -0.2) is 92.0 Å². The Hall–Kier alpha value is -2.63. The summed E-state index contributed by atoms with van der Waals surface area (Å²) in [6, 6.07) is 19.9. The molecule has 1 aromatic heterocycles. The van der Waals surface area contributed by atoms with Gasteiger partial charge in [0.2, 0.25) is 11.2 Å². The van der Waals surface area contributed by atoms with Gasteiger partial charge in [-0.15, -0.1) is 0 Å². The van der Waals surface area contributed by atoms with E-state index in [2.05, 4.69) is 60.0 Å². The summed E-state index contributed by atoms with van der Waals surface area (Å²) >= 11 is 6.38. The van der Waals surface area contributed by atoms with Crippen molar-refractivity contribution in [2.24, 2.45) is 0 Å². The highest BCUT2D eigenvalue weighted by Gasteiger charge is 2.54. The van der Waals surface area contributed by atoms with Gasteiger partial charge in [-0.3, -0.25) is 4.90 Å². The molecular weight excluding hydrogens is 585 g/mol. The van der Waals surface area contributed by atoms with E-state index < -0.39 is 39.1 Å². The summed E-state index contributed by atoms with van der Waals surface area (Å²) in [5.41, 5.74) is -0.814. The number of halogens is 2.